The van der Waals surface area contributed by atoms with Crippen LogP contribution in [0.25, 0.3) is 0 Å². The van der Waals surface area contributed by atoms with Crippen LogP contribution in [0.2, 0.25) is 0 Å². The summed E-state index contributed by atoms with van der Waals surface area (Å²) in [6.07, 6.45) is 2.94. The van der Waals surface area contributed by atoms with Gasteiger partial charge in [-0.15, -0.1) is 0 Å². The minimum Gasteiger partial charge on any atom is -0.465 e. The Morgan fingerprint density at radius 3 is 2.46 bits per heavy atom. The van der Waals surface area contributed by atoms with Crippen LogP contribution in [-0.2, 0) is 10.2 Å². The SMILES string of the molecule is COC(=O)c1ccc(N=Cc2ccc3c(c2)C(C)(C)CC(C)(C)N3)cc1. The van der Waals surface area contributed by atoms with Gasteiger partial charge in [0.25, 0.3) is 0 Å². The molecule has 0 atom stereocenters. The van der Waals surface area contributed by atoms with Crippen molar-refractivity contribution in [2.24, 2.45) is 4.99 Å². The van der Waals surface area contributed by atoms with Crippen LogP contribution >= 0.6 is 0 Å². The number of ether oxygens (including phenoxy) is 1. The van der Waals surface area contributed by atoms with Gasteiger partial charge in [-0.2, -0.15) is 0 Å². The Bertz CT molecular complexity index is 849. The van der Waals surface area contributed by atoms with Crippen molar-refractivity contribution in [3.05, 3.63) is 59.2 Å². The van der Waals surface area contributed by atoms with Crippen LogP contribution < -0.4 is 5.32 Å². The monoisotopic (exact) mass is 350 g/mol. The van der Waals surface area contributed by atoms with Gasteiger partial charge in [0.15, 0.2) is 0 Å². The van der Waals surface area contributed by atoms with Crippen molar-refractivity contribution < 1.29 is 9.53 Å². The molecule has 0 aromatic heterocycles. The average molecular weight is 350 g/mol. The normalized spacial score (nSPS) is 17.4. The third-order valence-corrected chi connectivity index (χ3v) is 4.78. The van der Waals surface area contributed by atoms with Crippen LogP contribution in [0.15, 0.2) is 47.5 Å². The maximum absolute atomic E-state index is 11.5. The first kappa shape index (κ1) is 18.2. The molecule has 4 nitrogen and oxygen atoms in total. The number of aliphatic imine (C=N–C) groups is 1. The van der Waals surface area contributed by atoms with Crippen LogP contribution in [0.3, 0.4) is 0 Å². The predicted octanol–water partition coefficient (Wildman–Crippen LogP) is 5.10. The molecule has 0 bridgehead atoms. The summed E-state index contributed by atoms with van der Waals surface area (Å²) in [7, 11) is 1.38. The van der Waals surface area contributed by atoms with Gasteiger partial charge in [-0.05, 0) is 73.2 Å². The number of nitrogens with zero attached hydrogens (tertiary/aromatic N) is 1. The van der Waals surface area contributed by atoms with E-state index in [0.29, 0.717) is 5.56 Å². The van der Waals surface area contributed by atoms with Gasteiger partial charge in [0.1, 0.15) is 0 Å². The third-order valence-electron chi connectivity index (χ3n) is 4.78. The highest BCUT2D eigenvalue weighted by Gasteiger charge is 2.36. The smallest absolute Gasteiger partial charge is 0.337 e. The Morgan fingerprint density at radius 1 is 1.12 bits per heavy atom. The van der Waals surface area contributed by atoms with Crippen molar-refractivity contribution in [2.45, 2.75) is 45.1 Å². The minimum atomic E-state index is -0.340. The quantitative estimate of drug-likeness (QED) is 0.619. The first-order chi connectivity index (χ1) is 12.2. The summed E-state index contributed by atoms with van der Waals surface area (Å²) in [6.45, 7) is 9.07. The number of anilines is 1. The molecular weight excluding hydrogens is 324 g/mol. The van der Waals surface area contributed by atoms with E-state index >= 15 is 0 Å². The summed E-state index contributed by atoms with van der Waals surface area (Å²) >= 11 is 0. The molecule has 0 unspecified atom stereocenters. The number of hydrogen-bond donors (Lipinski definition) is 1. The van der Waals surface area contributed by atoms with E-state index < -0.39 is 0 Å². The summed E-state index contributed by atoms with van der Waals surface area (Å²) in [6, 6.07) is 13.5. The molecule has 1 N–H and O–H groups in total. The van der Waals surface area contributed by atoms with E-state index in [9.17, 15) is 4.79 Å². The van der Waals surface area contributed by atoms with Gasteiger partial charge in [-0.25, -0.2) is 4.79 Å². The molecule has 0 spiro atoms. The van der Waals surface area contributed by atoms with Crippen LogP contribution in [-0.4, -0.2) is 24.8 Å². The molecule has 4 heteroatoms. The van der Waals surface area contributed by atoms with Crippen molar-refractivity contribution >= 4 is 23.6 Å². The Kier molecular flexibility index (Phi) is 4.61. The molecule has 136 valence electrons. The number of carbonyl (C=O) groups excluding carboxylic acids is 1. The maximum atomic E-state index is 11.5. The van der Waals surface area contributed by atoms with Crippen molar-refractivity contribution in [3.8, 4) is 0 Å². The zero-order valence-electron chi connectivity index (χ0n) is 16.1. The van der Waals surface area contributed by atoms with E-state index in [-0.39, 0.29) is 16.9 Å². The van der Waals surface area contributed by atoms with Crippen LogP contribution in [0, 0.1) is 0 Å². The molecule has 0 aliphatic carbocycles. The lowest BCUT2D eigenvalue weighted by molar-refractivity contribution is 0.0601. The Morgan fingerprint density at radius 2 is 1.81 bits per heavy atom. The summed E-state index contributed by atoms with van der Waals surface area (Å²) in [5.74, 6) is -0.340. The highest BCUT2D eigenvalue weighted by Crippen LogP contribution is 2.43. The molecule has 1 heterocycles. The molecule has 1 aliphatic heterocycles. The molecule has 0 fully saturated rings. The number of esters is 1. The topological polar surface area (TPSA) is 50.7 Å². The summed E-state index contributed by atoms with van der Waals surface area (Å²) < 4.78 is 4.71. The molecular formula is C22H26N2O2. The van der Waals surface area contributed by atoms with Crippen molar-refractivity contribution in [2.75, 3.05) is 12.4 Å². The molecule has 0 saturated carbocycles. The molecule has 1 aliphatic rings. The van der Waals surface area contributed by atoms with Crippen LogP contribution in [0.5, 0.6) is 0 Å². The fourth-order valence-corrected chi connectivity index (χ4v) is 3.87. The number of fused-ring (bicyclic) bond motifs is 1. The summed E-state index contributed by atoms with van der Waals surface area (Å²) in [5.41, 5.74) is 5.11. The van der Waals surface area contributed by atoms with E-state index in [1.54, 1.807) is 12.1 Å². The lowest BCUT2D eigenvalue weighted by Crippen LogP contribution is -2.43. The summed E-state index contributed by atoms with van der Waals surface area (Å²) in [5, 5.41) is 3.63. The molecule has 26 heavy (non-hydrogen) atoms. The first-order valence-corrected chi connectivity index (χ1v) is 8.85. The van der Waals surface area contributed by atoms with E-state index in [0.717, 1.165) is 17.7 Å². The number of benzene rings is 2. The second kappa shape index (κ2) is 6.60. The van der Waals surface area contributed by atoms with Crippen molar-refractivity contribution in [1.82, 2.24) is 0 Å². The lowest BCUT2D eigenvalue weighted by Gasteiger charge is -2.43. The fraction of sp³-hybridized carbons (Fsp3) is 0.364. The molecule has 3 rings (SSSR count). The highest BCUT2D eigenvalue weighted by molar-refractivity contribution is 5.90. The van der Waals surface area contributed by atoms with Gasteiger partial charge >= 0.3 is 5.97 Å². The van der Waals surface area contributed by atoms with E-state index in [2.05, 4.69) is 56.2 Å². The van der Waals surface area contributed by atoms with Gasteiger partial charge in [-0.1, -0.05) is 19.9 Å². The number of hydrogen-bond acceptors (Lipinski definition) is 4. The Labute approximate surface area is 155 Å². The van der Waals surface area contributed by atoms with E-state index in [4.69, 9.17) is 4.74 Å². The Hall–Kier alpha value is -2.62. The number of nitrogens with one attached hydrogen (secondary N) is 1. The number of carbonyl (C=O) groups is 1. The zero-order valence-corrected chi connectivity index (χ0v) is 16.1. The van der Waals surface area contributed by atoms with E-state index in [1.807, 2.05) is 18.3 Å². The lowest BCUT2D eigenvalue weighted by atomic mass is 9.71. The van der Waals surface area contributed by atoms with E-state index in [1.165, 1.54) is 18.4 Å². The molecule has 2 aromatic carbocycles. The molecule has 0 amide bonds. The van der Waals surface area contributed by atoms with Gasteiger partial charge in [0.05, 0.1) is 18.4 Å². The zero-order chi connectivity index (χ0) is 18.9. The maximum Gasteiger partial charge on any atom is 0.337 e. The average Bonchev–Trinajstić information content (AvgIpc) is 2.58. The van der Waals surface area contributed by atoms with Crippen molar-refractivity contribution in [3.63, 3.8) is 0 Å². The standard InChI is InChI=1S/C22H26N2O2/c1-21(2)14-22(3,4)24-19-11-6-15(12-18(19)21)13-23-17-9-7-16(8-10-17)20(25)26-5/h6-13,24H,14H2,1-5H3. The molecule has 0 radical (unpaired) electrons. The van der Waals surface area contributed by atoms with Crippen molar-refractivity contribution in [1.29, 1.82) is 0 Å². The highest BCUT2D eigenvalue weighted by atomic mass is 16.5. The third kappa shape index (κ3) is 3.79. The van der Waals surface area contributed by atoms with Crippen LogP contribution in [0.4, 0.5) is 11.4 Å². The molecule has 0 saturated heterocycles. The second-order valence-electron chi connectivity index (χ2n) is 8.17. The van der Waals surface area contributed by atoms with Gasteiger partial charge < -0.3 is 10.1 Å². The van der Waals surface area contributed by atoms with Gasteiger partial charge in [0, 0.05) is 17.4 Å². The van der Waals surface area contributed by atoms with Gasteiger partial charge in [0.2, 0.25) is 0 Å². The number of methoxy groups -OCH3 is 1. The first-order valence-electron chi connectivity index (χ1n) is 8.85. The fourth-order valence-electron chi connectivity index (χ4n) is 3.87. The Balaban J connectivity index is 1.83. The minimum absolute atomic E-state index is 0.0908. The molecule has 2 aromatic rings. The summed E-state index contributed by atoms with van der Waals surface area (Å²) in [4.78, 5) is 16.0. The van der Waals surface area contributed by atoms with Crippen LogP contribution in [0.1, 0.15) is 55.6 Å². The van der Waals surface area contributed by atoms with Gasteiger partial charge in [-0.3, -0.25) is 4.99 Å². The largest absolute Gasteiger partial charge is 0.465 e. The second-order valence-corrected chi connectivity index (χ2v) is 8.17. The predicted molar refractivity (Wildman–Crippen MR) is 107 cm³/mol. The number of rotatable bonds is 3.